The molecule has 0 radical (unpaired) electrons. The Labute approximate surface area is 99.6 Å². The Balaban J connectivity index is 1.96. The summed E-state index contributed by atoms with van der Waals surface area (Å²) >= 11 is 5.62. The van der Waals surface area contributed by atoms with Crippen molar-refractivity contribution in [2.24, 2.45) is 0 Å². The Morgan fingerprint density at radius 2 is 2.06 bits per heavy atom. The number of hydrogen-bond acceptors (Lipinski definition) is 2. The van der Waals surface area contributed by atoms with Crippen molar-refractivity contribution in [1.82, 2.24) is 4.90 Å². The third-order valence-electron chi connectivity index (χ3n) is 2.95. The topological polar surface area (TPSA) is 23.5 Å². The molecule has 0 unspecified atom stereocenters. The van der Waals surface area contributed by atoms with E-state index in [1.54, 1.807) is 6.07 Å². The summed E-state index contributed by atoms with van der Waals surface area (Å²) in [5.41, 5.74) is 0.929. The summed E-state index contributed by atoms with van der Waals surface area (Å²) in [6.45, 7) is 2.46. The van der Waals surface area contributed by atoms with Gasteiger partial charge in [-0.3, -0.25) is 4.90 Å². The molecular formula is C12H15ClFNO. The Hall–Kier alpha value is -0.640. The second-order valence-corrected chi connectivity index (χ2v) is 4.66. The lowest BCUT2D eigenvalue weighted by molar-refractivity contribution is 0.0792. The van der Waals surface area contributed by atoms with E-state index in [4.69, 9.17) is 11.6 Å². The first-order chi connectivity index (χ1) is 7.65. The third-order valence-corrected chi connectivity index (χ3v) is 3.25. The van der Waals surface area contributed by atoms with Crippen molar-refractivity contribution in [1.29, 1.82) is 0 Å². The minimum atomic E-state index is -0.365. The number of hydrogen-bond donors (Lipinski definition) is 1. The third kappa shape index (κ3) is 2.94. The monoisotopic (exact) mass is 243 g/mol. The molecule has 0 aromatic heterocycles. The van der Waals surface area contributed by atoms with Crippen LogP contribution in [-0.2, 0) is 6.54 Å². The van der Waals surface area contributed by atoms with E-state index in [-0.39, 0.29) is 16.9 Å². The fourth-order valence-corrected chi connectivity index (χ4v) is 2.09. The van der Waals surface area contributed by atoms with Gasteiger partial charge in [-0.15, -0.1) is 0 Å². The van der Waals surface area contributed by atoms with Crippen LogP contribution in [0, 0.1) is 5.82 Å². The number of aliphatic hydroxyl groups excluding tert-OH is 1. The number of halogens is 2. The van der Waals surface area contributed by atoms with Gasteiger partial charge in [-0.1, -0.05) is 17.7 Å². The predicted octanol–water partition coefficient (Wildman–Crippen LogP) is 2.44. The van der Waals surface area contributed by atoms with Crippen molar-refractivity contribution < 1.29 is 9.50 Å². The lowest BCUT2D eigenvalue weighted by Crippen LogP contribution is -2.35. The summed E-state index contributed by atoms with van der Waals surface area (Å²) in [7, 11) is 0. The van der Waals surface area contributed by atoms with E-state index in [1.807, 2.05) is 6.07 Å². The van der Waals surface area contributed by atoms with Crippen LogP contribution in [0.2, 0.25) is 5.02 Å². The van der Waals surface area contributed by atoms with Crippen LogP contribution in [-0.4, -0.2) is 29.2 Å². The molecule has 1 N–H and O–H groups in total. The Bertz CT molecular complexity index is 364. The molecular weight excluding hydrogens is 229 g/mol. The van der Waals surface area contributed by atoms with Gasteiger partial charge in [-0.25, -0.2) is 4.39 Å². The maximum Gasteiger partial charge on any atom is 0.142 e. The molecule has 1 aliphatic rings. The average molecular weight is 244 g/mol. The highest BCUT2D eigenvalue weighted by Crippen LogP contribution is 2.18. The minimum Gasteiger partial charge on any atom is -0.393 e. The van der Waals surface area contributed by atoms with Crippen LogP contribution >= 0.6 is 11.6 Å². The summed E-state index contributed by atoms with van der Waals surface area (Å²) in [6.07, 6.45) is 1.43. The number of aliphatic hydroxyl groups is 1. The first-order valence-corrected chi connectivity index (χ1v) is 5.87. The van der Waals surface area contributed by atoms with Gasteiger partial charge in [0, 0.05) is 19.6 Å². The van der Waals surface area contributed by atoms with E-state index in [0.717, 1.165) is 38.0 Å². The fraction of sp³-hybridized carbons (Fsp3) is 0.500. The van der Waals surface area contributed by atoms with Gasteiger partial charge in [0.15, 0.2) is 0 Å². The van der Waals surface area contributed by atoms with Gasteiger partial charge in [0.25, 0.3) is 0 Å². The Morgan fingerprint density at radius 3 is 2.69 bits per heavy atom. The van der Waals surface area contributed by atoms with Crippen LogP contribution in [0.3, 0.4) is 0 Å². The standard InChI is InChI=1S/C12H15ClFNO/c13-11-2-1-9(7-12(11)14)8-15-5-3-10(16)4-6-15/h1-2,7,10,16H,3-6,8H2. The highest BCUT2D eigenvalue weighted by atomic mass is 35.5. The zero-order valence-electron chi connectivity index (χ0n) is 9.00. The first kappa shape index (κ1) is 11.8. The van der Waals surface area contributed by atoms with Crippen molar-refractivity contribution in [2.45, 2.75) is 25.5 Å². The molecule has 1 heterocycles. The van der Waals surface area contributed by atoms with Crippen molar-refractivity contribution in [3.05, 3.63) is 34.6 Å². The molecule has 1 aromatic carbocycles. The van der Waals surface area contributed by atoms with Gasteiger partial charge >= 0.3 is 0 Å². The molecule has 0 bridgehead atoms. The van der Waals surface area contributed by atoms with Crippen LogP contribution in [0.15, 0.2) is 18.2 Å². The van der Waals surface area contributed by atoms with E-state index in [9.17, 15) is 9.50 Å². The molecule has 0 saturated carbocycles. The highest BCUT2D eigenvalue weighted by molar-refractivity contribution is 6.30. The summed E-state index contributed by atoms with van der Waals surface area (Å²) in [5, 5.41) is 9.53. The molecule has 0 spiro atoms. The van der Waals surface area contributed by atoms with Gasteiger partial charge in [-0.05, 0) is 30.5 Å². The lowest BCUT2D eigenvalue weighted by Gasteiger charge is -2.29. The molecule has 0 amide bonds. The molecule has 1 saturated heterocycles. The fourth-order valence-electron chi connectivity index (χ4n) is 1.97. The van der Waals surface area contributed by atoms with Gasteiger partial charge in [-0.2, -0.15) is 0 Å². The van der Waals surface area contributed by atoms with Crippen molar-refractivity contribution in [2.75, 3.05) is 13.1 Å². The van der Waals surface area contributed by atoms with Crippen LogP contribution in [0.25, 0.3) is 0 Å². The van der Waals surface area contributed by atoms with E-state index in [0.29, 0.717) is 0 Å². The molecule has 0 atom stereocenters. The molecule has 16 heavy (non-hydrogen) atoms. The lowest BCUT2D eigenvalue weighted by atomic mass is 10.1. The average Bonchev–Trinajstić information content (AvgIpc) is 2.27. The second-order valence-electron chi connectivity index (χ2n) is 4.26. The van der Waals surface area contributed by atoms with Gasteiger partial charge in [0.2, 0.25) is 0 Å². The van der Waals surface area contributed by atoms with Crippen molar-refractivity contribution >= 4 is 11.6 Å². The smallest absolute Gasteiger partial charge is 0.142 e. The molecule has 1 fully saturated rings. The quantitative estimate of drug-likeness (QED) is 0.863. The predicted molar refractivity (Wildman–Crippen MR) is 61.9 cm³/mol. The van der Waals surface area contributed by atoms with E-state index >= 15 is 0 Å². The molecule has 1 aromatic rings. The first-order valence-electron chi connectivity index (χ1n) is 5.49. The summed E-state index contributed by atoms with van der Waals surface area (Å²) in [6, 6.07) is 4.91. The van der Waals surface area contributed by atoms with E-state index < -0.39 is 0 Å². The molecule has 1 aliphatic heterocycles. The van der Waals surface area contributed by atoms with Crippen LogP contribution in [0.1, 0.15) is 18.4 Å². The number of nitrogens with zero attached hydrogens (tertiary/aromatic N) is 1. The molecule has 88 valence electrons. The SMILES string of the molecule is OC1CCN(Cc2ccc(Cl)c(F)c2)CC1. The van der Waals surface area contributed by atoms with Gasteiger partial charge < -0.3 is 5.11 Å². The van der Waals surface area contributed by atoms with Crippen LogP contribution in [0.4, 0.5) is 4.39 Å². The highest BCUT2D eigenvalue weighted by Gasteiger charge is 2.17. The van der Waals surface area contributed by atoms with Crippen molar-refractivity contribution in [3.63, 3.8) is 0 Å². The van der Waals surface area contributed by atoms with Crippen LogP contribution < -0.4 is 0 Å². The molecule has 2 nitrogen and oxygen atoms in total. The minimum absolute atomic E-state index is 0.165. The molecule has 4 heteroatoms. The maximum atomic E-state index is 13.2. The number of likely N-dealkylation sites (tertiary alicyclic amines) is 1. The van der Waals surface area contributed by atoms with E-state index in [1.165, 1.54) is 6.07 Å². The number of rotatable bonds is 2. The van der Waals surface area contributed by atoms with E-state index in [2.05, 4.69) is 4.90 Å². The van der Waals surface area contributed by atoms with Crippen molar-refractivity contribution in [3.8, 4) is 0 Å². The summed E-state index contributed by atoms with van der Waals surface area (Å²) < 4.78 is 13.2. The Kier molecular flexibility index (Phi) is 3.79. The van der Waals surface area contributed by atoms with Gasteiger partial charge in [0.05, 0.1) is 11.1 Å². The van der Waals surface area contributed by atoms with Gasteiger partial charge in [0.1, 0.15) is 5.82 Å². The summed E-state index contributed by atoms with van der Waals surface area (Å²) in [4.78, 5) is 2.22. The molecule has 2 rings (SSSR count). The maximum absolute atomic E-state index is 13.2. The number of benzene rings is 1. The molecule has 0 aliphatic carbocycles. The summed E-state index contributed by atoms with van der Waals surface area (Å²) in [5.74, 6) is -0.365. The Morgan fingerprint density at radius 1 is 1.38 bits per heavy atom. The number of piperidine rings is 1. The zero-order valence-corrected chi connectivity index (χ0v) is 9.75. The normalized spacial score (nSPS) is 18.9. The zero-order chi connectivity index (χ0) is 11.5. The largest absolute Gasteiger partial charge is 0.393 e. The second kappa shape index (κ2) is 5.13. The van der Waals surface area contributed by atoms with Crippen LogP contribution in [0.5, 0.6) is 0 Å².